The van der Waals surface area contributed by atoms with Gasteiger partial charge in [-0.05, 0) is 31.0 Å². The van der Waals surface area contributed by atoms with E-state index in [0.717, 1.165) is 18.5 Å². The monoisotopic (exact) mass is 230 g/mol. The van der Waals surface area contributed by atoms with Crippen molar-refractivity contribution < 1.29 is 0 Å². The topological polar surface area (TPSA) is 74.2 Å². The van der Waals surface area contributed by atoms with Gasteiger partial charge in [0.15, 0.2) is 5.96 Å². The molecule has 1 atom stereocenters. The summed E-state index contributed by atoms with van der Waals surface area (Å²) in [5.74, 6) is 0.462. The molecule has 1 unspecified atom stereocenters. The van der Waals surface area contributed by atoms with E-state index in [1.165, 1.54) is 0 Å². The second-order valence-electron chi connectivity index (χ2n) is 3.87. The number of nitriles is 1. The maximum atomic E-state index is 8.70. The van der Waals surface area contributed by atoms with Gasteiger partial charge in [-0.25, -0.2) is 0 Å². The van der Waals surface area contributed by atoms with E-state index >= 15 is 0 Å². The summed E-state index contributed by atoms with van der Waals surface area (Å²) >= 11 is 0. The van der Waals surface area contributed by atoms with Gasteiger partial charge in [0.05, 0.1) is 17.7 Å². The van der Waals surface area contributed by atoms with Crippen LogP contribution in [-0.2, 0) is 0 Å². The van der Waals surface area contributed by atoms with Crippen LogP contribution in [0.2, 0.25) is 0 Å². The Morgan fingerprint density at radius 1 is 1.47 bits per heavy atom. The summed E-state index contributed by atoms with van der Waals surface area (Å²) in [6, 6.07) is 9.62. The number of aliphatic imine (C=N–C) groups is 1. The normalized spacial score (nSPS) is 12.9. The van der Waals surface area contributed by atoms with Gasteiger partial charge in [0, 0.05) is 6.54 Å². The van der Waals surface area contributed by atoms with Gasteiger partial charge in [-0.15, -0.1) is 0 Å². The molecule has 0 spiro atoms. The minimum absolute atomic E-state index is 0.0864. The quantitative estimate of drug-likeness (QED) is 0.613. The molecule has 0 heterocycles. The molecule has 4 nitrogen and oxygen atoms in total. The molecule has 17 heavy (non-hydrogen) atoms. The largest absolute Gasteiger partial charge is 0.370 e. The summed E-state index contributed by atoms with van der Waals surface area (Å²) < 4.78 is 0. The van der Waals surface area contributed by atoms with E-state index < -0.39 is 0 Å². The van der Waals surface area contributed by atoms with E-state index in [-0.39, 0.29) is 6.04 Å². The Hall–Kier alpha value is -2.02. The Labute approximate surface area is 102 Å². The number of nitrogens with zero attached hydrogens (tertiary/aromatic N) is 2. The van der Waals surface area contributed by atoms with E-state index in [1.54, 1.807) is 12.1 Å². The number of rotatable bonds is 4. The van der Waals surface area contributed by atoms with E-state index in [0.29, 0.717) is 11.5 Å². The third-order valence-corrected chi connectivity index (χ3v) is 2.41. The molecule has 0 saturated heterocycles. The van der Waals surface area contributed by atoms with Crippen LogP contribution in [0, 0.1) is 11.3 Å². The lowest BCUT2D eigenvalue weighted by Gasteiger charge is -2.14. The highest BCUT2D eigenvalue weighted by molar-refractivity contribution is 5.78. The van der Waals surface area contributed by atoms with Crippen LogP contribution in [0.1, 0.15) is 37.4 Å². The lowest BCUT2D eigenvalue weighted by Crippen LogP contribution is -2.33. The summed E-state index contributed by atoms with van der Waals surface area (Å²) in [5, 5.41) is 11.8. The van der Waals surface area contributed by atoms with Gasteiger partial charge in [-0.2, -0.15) is 5.26 Å². The summed E-state index contributed by atoms with van der Waals surface area (Å²) in [6.45, 7) is 4.80. The smallest absolute Gasteiger partial charge is 0.189 e. The number of nitrogens with two attached hydrogens (primary N) is 1. The van der Waals surface area contributed by atoms with Gasteiger partial charge in [0.1, 0.15) is 0 Å². The zero-order valence-electron chi connectivity index (χ0n) is 10.3. The third kappa shape index (κ3) is 4.15. The minimum atomic E-state index is 0.0864. The van der Waals surface area contributed by atoms with Crippen LogP contribution in [0.5, 0.6) is 0 Å². The number of hydrogen-bond acceptors (Lipinski definition) is 2. The molecule has 4 heteroatoms. The first-order valence-corrected chi connectivity index (χ1v) is 5.74. The van der Waals surface area contributed by atoms with Crippen molar-refractivity contribution in [2.45, 2.75) is 26.3 Å². The van der Waals surface area contributed by atoms with Gasteiger partial charge >= 0.3 is 0 Å². The first kappa shape index (κ1) is 13.0. The van der Waals surface area contributed by atoms with Gasteiger partial charge in [0.2, 0.25) is 0 Å². The fraction of sp³-hybridized carbons (Fsp3) is 0.385. The summed E-state index contributed by atoms with van der Waals surface area (Å²) in [5.41, 5.74) is 7.48. The average Bonchev–Trinajstić information content (AvgIpc) is 2.36. The van der Waals surface area contributed by atoms with Crippen molar-refractivity contribution in [2.75, 3.05) is 6.54 Å². The van der Waals surface area contributed by atoms with Gasteiger partial charge in [0.25, 0.3) is 0 Å². The minimum Gasteiger partial charge on any atom is -0.370 e. The lowest BCUT2D eigenvalue weighted by atomic mass is 10.1. The zero-order valence-corrected chi connectivity index (χ0v) is 10.3. The van der Waals surface area contributed by atoms with Crippen LogP contribution in [0.3, 0.4) is 0 Å². The number of benzene rings is 1. The molecule has 1 aromatic rings. The molecule has 0 aromatic heterocycles. The predicted molar refractivity (Wildman–Crippen MR) is 69.5 cm³/mol. The molecule has 0 amide bonds. The Kier molecular flexibility index (Phi) is 5.02. The Balaban J connectivity index is 2.63. The maximum Gasteiger partial charge on any atom is 0.189 e. The summed E-state index contributed by atoms with van der Waals surface area (Å²) in [6.07, 6.45) is 0.980. The number of guanidine groups is 1. The summed E-state index contributed by atoms with van der Waals surface area (Å²) in [4.78, 5) is 4.17. The molecule has 0 radical (unpaired) electrons. The molecule has 0 aliphatic rings. The molecule has 1 aromatic carbocycles. The van der Waals surface area contributed by atoms with Crippen molar-refractivity contribution in [3.8, 4) is 6.07 Å². The van der Waals surface area contributed by atoms with Crippen LogP contribution < -0.4 is 11.1 Å². The highest BCUT2D eigenvalue weighted by Crippen LogP contribution is 2.12. The second-order valence-corrected chi connectivity index (χ2v) is 3.87. The first-order valence-electron chi connectivity index (χ1n) is 5.74. The van der Waals surface area contributed by atoms with E-state index in [1.807, 2.05) is 19.1 Å². The lowest BCUT2D eigenvalue weighted by molar-refractivity contribution is 0.706. The standard InChI is InChI=1S/C13H18N4/c1-3-8-16-13(15)17-10(2)12-6-4-11(9-14)5-7-12/h4-7,10H,3,8H2,1-2H3,(H3,15,16,17). The predicted octanol–water partition coefficient (Wildman–Crippen LogP) is 1.93. The van der Waals surface area contributed by atoms with Crippen molar-refractivity contribution in [2.24, 2.45) is 10.7 Å². The Bertz CT molecular complexity index is 414. The highest BCUT2D eigenvalue weighted by Gasteiger charge is 2.05. The molecular weight excluding hydrogens is 212 g/mol. The molecule has 3 N–H and O–H groups in total. The van der Waals surface area contributed by atoms with Crippen LogP contribution in [0.25, 0.3) is 0 Å². The Morgan fingerprint density at radius 2 is 2.12 bits per heavy atom. The van der Waals surface area contributed by atoms with E-state index in [4.69, 9.17) is 11.0 Å². The van der Waals surface area contributed by atoms with Crippen molar-refractivity contribution in [1.29, 1.82) is 5.26 Å². The number of nitrogens with one attached hydrogen (secondary N) is 1. The maximum absolute atomic E-state index is 8.70. The van der Waals surface area contributed by atoms with Crippen LogP contribution >= 0.6 is 0 Å². The van der Waals surface area contributed by atoms with Crippen LogP contribution in [0.15, 0.2) is 29.3 Å². The van der Waals surface area contributed by atoms with Gasteiger partial charge in [-0.1, -0.05) is 19.1 Å². The van der Waals surface area contributed by atoms with Crippen molar-refractivity contribution in [1.82, 2.24) is 5.32 Å². The molecule has 1 rings (SSSR count). The van der Waals surface area contributed by atoms with E-state index in [9.17, 15) is 0 Å². The fourth-order valence-electron chi connectivity index (χ4n) is 1.43. The zero-order chi connectivity index (χ0) is 12.7. The van der Waals surface area contributed by atoms with Gasteiger partial charge in [-0.3, -0.25) is 4.99 Å². The first-order chi connectivity index (χ1) is 8.17. The van der Waals surface area contributed by atoms with Crippen molar-refractivity contribution in [3.63, 3.8) is 0 Å². The third-order valence-electron chi connectivity index (χ3n) is 2.41. The molecular formula is C13H18N4. The highest BCUT2D eigenvalue weighted by atomic mass is 15.1. The molecule has 90 valence electrons. The second kappa shape index (κ2) is 6.54. The molecule has 0 fully saturated rings. The van der Waals surface area contributed by atoms with Crippen molar-refractivity contribution >= 4 is 5.96 Å². The van der Waals surface area contributed by atoms with Gasteiger partial charge < -0.3 is 11.1 Å². The Morgan fingerprint density at radius 3 is 2.65 bits per heavy atom. The fourth-order valence-corrected chi connectivity index (χ4v) is 1.43. The summed E-state index contributed by atoms with van der Waals surface area (Å²) in [7, 11) is 0. The average molecular weight is 230 g/mol. The number of hydrogen-bond donors (Lipinski definition) is 2. The molecule has 0 aliphatic heterocycles. The molecule has 0 aliphatic carbocycles. The SMILES string of the molecule is CCCN=C(N)NC(C)c1ccc(C#N)cc1. The van der Waals surface area contributed by atoms with Crippen LogP contribution in [0.4, 0.5) is 0 Å². The van der Waals surface area contributed by atoms with E-state index in [2.05, 4.69) is 23.3 Å². The van der Waals surface area contributed by atoms with Crippen molar-refractivity contribution in [3.05, 3.63) is 35.4 Å². The molecule has 0 saturated carbocycles. The molecule has 0 bridgehead atoms. The van der Waals surface area contributed by atoms with Crippen LogP contribution in [-0.4, -0.2) is 12.5 Å².